The molecule has 0 aliphatic rings. The predicted molar refractivity (Wildman–Crippen MR) is 244 cm³/mol. The molecule has 5 heteroatoms. The summed E-state index contributed by atoms with van der Waals surface area (Å²) in [6, 6.07) is 69.1. The van der Waals surface area contributed by atoms with Crippen LogP contribution in [0.15, 0.2) is 199 Å². The highest BCUT2D eigenvalue weighted by Gasteiger charge is 2.21. The summed E-state index contributed by atoms with van der Waals surface area (Å²) >= 11 is 0. The third-order valence-corrected chi connectivity index (χ3v) is 12.1. The van der Waals surface area contributed by atoms with E-state index in [0.717, 1.165) is 77.2 Å². The van der Waals surface area contributed by atoms with Gasteiger partial charge in [-0.05, 0) is 94.7 Å². The van der Waals surface area contributed by atoms with Crippen LogP contribution in [0.1, 0.15) is 0 Å². The zero-order valence-electron chi connectivity index (χ0n) is 31.7. The van der Waals surface area contributed by atoms with Crippen LogP contribution in [0, 0.1) is 0 Å². The molecule has 0 aliphatic carbocycles. The summed E-state index contributed by atoms with van der Waals surface area (Å²) < 4.78 is 10.8. The fourth-order valence-electron chi connectivity index (χ4n) is 9.54. The molecule has 0 unspecified atom stereocenters. The molecule has 0 atom stereocenters. The summed E-state index contributed by atoms with van der Waals surface area (Å²) in [5, 5.41) is 10.5. The summed E-state index contributed by atoms with van der Waals surface area (Å²) in [5.74, 6) is 0.633. The second-order valence-electron chi connectivity index (χ2n) is 15.3. The van der Waals surface area contributed by atoms with Crippen LogP contribution in [0.3, 0.4) is 0 Å². The van der Waals surface area contributed by atoms with Crippen LogP contribution in [-0.2, 0) is 0 Å². The molecule has 0 bridgehead atoms. The highest BCUT2D eigenvalue weighted by Crippen LogP contribution is 2.43. The maximum Gasteiger partial charge on any atom is 0.235 e. The highest BCUT2D eigenvalue weighted by molar-refractivity contribution is 6.24. The standard InChI is InChI=1S/C54H32N4O/c1-2-14-35(15-3-1)57-47-24-12-8-21-41(47)52-39-19-5-4-16-36(39)42(32-49(52)57)33-26-28-48-43(30-33)37-17-7-11-23-46(37)58(48)54-55-45-22-10-6-20-40(45)53(56-54)34-27-29-51-44(31-34)38-18-9-13-25-50(38)59-51/h1-32H. The van der Waals surface area contributed by atoms with Crippen LogP contribution in [0.5, 0.6) is 0 Å². The molecule has 0 saturated heterocycles. The highest BCUT2D eigenvalue weighted by atomic mass is 16.3. The van der Waals surface area contributed by atoms with Gasteiger partial charge in [0.05, 0.1) is 33.3 Å². The molecule has 0 N–H and O–H groups in total. The van der Waals surface area contributed by atoms with Crippen molar-refractivity contribution in [2.24, 2.45) is 0 Å². The summed E-state index contributed by atoms with van der Waals surface area (Å²) in [4.78, 5) is 10.7. The number of aromatic nitrogens is 4. The van der Waals surface area contributed by atoms with Gasteiger partial charge >= 0.3 is 0 Å². The molecule has 59 heavy (non-hydrogen) atoms. The summed E-state index contributed by atoms with van der Waals surface area (Å²) in [7, 11) is 0. The lowest BCUT2D eigenvalue weighted by atomic mass is 9.94. The van der Waals surface area contributed by atoms with Crippen molar-refractivity contribution in [3.8, 4) is 34.0 Å². The Labute approximate surface area is 337 Å². The van der Waals surface area contributed by atoms with Gasteiger partial charge in [0.1, 0.15) is 11.2 Å². The first-order chi connectivity index (χ1) is 29.3. The van der Waals surface area contributed by atoms with E-state index in [1.807, 2.05) is 18.2 Å². The van der Waals surface area contributed by atoms with Gasteiger partial charge in [-0.15, -0.1) is 0 Å². The molecule has 5 nitrogen and oxygen atoms in total. The van der Waals surface area contributed by atoms with E-state index in [2.05, 4.69) is 185 Å². The van der Waals surface area contributed by atoms with Crippen molar-refractivity contribution in [2.45, 2.75) is 0 Å². The molecule has 13 rings (SSSR count). The zero-order chi connectivity index (χ0) is 38.6. The number of para-hydroxylation sites is 5. The van der Waals surface area contributed by atoms with E-state index < -0.39 is 0 Å². The number of rotatable bonds is 4. The SMILES string of the molecule is c1ccc(-n2c3ccccc3c3c4ccccc4c(-c4ccc5c(c4)c4ccccc4n5-c4nc(-c5ccc6oc7ccccc7c6c5)c5ccccc5n4)cc32)cc1. The van der Waals surface area contributed by atoms with Crippen LogP contribution in [0.2, 0.25) is 0 Å². The Morgan fingerprint density at radius 1 is 0.356 bits per heavy atom. The average molecular weight is 753 g/mol. The van der Waals surface area contributed by atoms with Crippen molar-refractivity contribution < 1.29 is 4.42 Å². The normalized spacial score (nSPS) is 12.1. The molecule has 0 amide bonds. The lowest BCUT2D eigenvalue weighted by molar-refractivity contribution is 0.669. The van der Waals surface area contributed by atoms with Crippen molar-refractivity contribution in [3.63, 3.8) is 0 Å². The number of fused-ring (bicyclic) bond motifs is 12. The lowest BCUT2D eigenvalue weighted by Crippen LogP contribution is -2.03. The van der Waals surface area contributed by atoms with E-state index in [-0.39, 0.29) is 0 Å². The van der Waals surface area contributed by atoms with Gasteiger partial charge in [0.2, 0.25) is 5.95 Å². The minimum atomic E-state index is 0.633. The maximum absolute atomic E-state index is 6.20. The first-order valence-corrected chi connectivity index (χ1v) is 20.0. The summed E-state index contributed by atoms with van der Waals surface area (Å²) in [6.45, 7) is 0. The average Bonchev–Trinajstić information content (AvgIpc) is 3.96. The lowest BCUT2D eigenvalue weighted by Gasteiger charge is -2.13. The predicted octanol–water partition coefficient (Wildman–Crippen LogP) is 14.2. The van der Waals surface area contributed by atoms with Crippen LogP contribution in [0.25, 0.3) is 121 Å². The van der Waals surface area contributed by atoms with Gasteiger partial charge in [-0.2, -0.15) is 0 Å². The maximum atomic E-state index is 6.20. The Balaban J connectivity index is 1.05. The molecule has 0 radical (unpaired) electrons. The Morgan fingerprint density at radius 2 is 0.966 bits per heavy atom. The Kier molecular flexibility index (Phi) is 6.66. The van der Waals surface area contributed by atoms with E-state index in [4.69, 9.17) is 14.4 Å². The molecule has 4 aromatic heterocycles. The summed E-state index contributed by atoms with van der Waals surface area (Å²) in [5.41, 5.74) is 12.5. The van der Waals surface area contributed by atoms with Gasteiger partial charge < -0.3 is 8.98 Å². The molecule has 4 heterocycles. The largest absolute Gasteiger partial charge is 0.456 e. The molecule has 0 spiro atoms. The number of hydrogen-bond acceptors (Lipinski definition) is 3. The van der Waals surface area contributed by atoms with Crippen molar-refractivity contribution in [2.75, 3.05) is 0 Å². The Morgan fingerprint density at radius 3 is 1.81 bits per heavy atom. The third-order valence-electron chi connectivity index (χ3n) is 12.1. The van der Waals surface area contributed by atoms with E-state index >= 15 is 0 Å². The van der Waals surface area contributed by atoms with Gasteiger partial charge in [-0.25, -0.2) is 9.97 Å². The van der Waals surface area contributed by atoms with Gasteiger partial charge in [0, 0.05) is 49.0 Å². The van der Waals surface area contributed by atoms with Crippen molar-refractivity contribution in [1.82, 2.24) is 19.1 Å². The topological polar surface area (TPSA) is 48.8 Å². The van der Waals surface area contributed by atoms with E-state index in [0.29, 0.717) is 5.95 Å². The number of hydrogen-bond donors (Lipinski definition) is 0. The fourth-order valence-corrected chi connectivity index (χ4v) is 9.54. The van der Waals surface area contributed by atoms with Gasteiger partial charge in [-0.1, -0.05) is 121 Å². The first-order valence-electron chi connectivity index (χ1n) is 20.0. The van der Waals surface area contributed by atoms with Gasteiger partial charge in [-0.3, -0.25) is 4.57 Å². The molecular weight excluding hydrogens is 721 g/mol. The van der Waals surface area contributed by atoms with E-state index in [1.165, 1.54) is 38.1 Å². The first kappa shape index (κ1) is 32.1. The van der Waals surface area contributed by atoms with Crippen molar-refractivity contribution in [1.29, 1.82) is 0 Å². The monoisotopic (exact) mass is 752 g/mol. The zero-order valence-corrected chi connectivity index (χ0v) is 31.7. The van der Waals surface area contributed by atoms with Gasteiger partial charge in [0.15, 0.2) is 0 Å². The quantitative estimate of drug-likeness (QED) is 0.180. The Hall–Kier alpha value is -8.02. The smallest absolute Gasteiger partial charge is 0.235 e. The van der Waals surface area contributed by atoms with Crippen LogP contribution < -0.4 is 0 Å². The van der Waals surface area contributed by atoms with E-state index in [1.54, 1.807) is 0 Å². The van der Waals surface area contributed by atoms with Crippen LogP contribution >= 0.6 is 0 Å². The van der Waals surface area contributed by atoms with Crippen LogP contribution in [0.4, 0.5) is 0 Å². The number of nitrogens with zero attached hydrogens (tertiary/aromatic N) is 4. The number of benzene rings is 9. The minimum Gasteiger partial charge on any atom is -0.456 e. The number of furan rings is 1. The minimum absolute atomic E-state index is 0.633. The molecular formula is C54H32N4O. The molecule has 9 aromatic carbocycles. The van der Waals surface area contributed by atoms with Gasteiger partial charge in [0.25, 0.3) is 0 Å². The molecule has 0 aliphatic heterocycles. The Bertz CT molecular complexity index is 3850. The fraction of sp³-hybridized carbons (Fsp3) is 0. The second-order valence-corrected chi connectivity index (χ2v) is 15.3. The second kappa shape index (κ2) is 12.2. The molecule has 13 aromatic rings. The summed E-state index contributed by atoms with van der Waals surface area (Å²) in [6.07, 6.45) is 0. The molecule has 0 saturated carbocycles. The van der Waals surface area contributed by atoms with Crippen molar-refractivity contribution in [3.05, 3.63) is 194 Å². The van der Waals surface area contributed by atoms with Crippen molar-refractivity contribution >= 4 is 87.2 Å². The molecule has 0 fully saturated rings. The van der Waals surface area contributed by atoms with E-state index in [9.17, 15) is 0 Å². The molecule has 274 valence electrons. The third kappa shape index (κ3) is 4.67. The van der Waals surface area contributed by atoms with Crippen LogP contribution in [-0.4, -0.2) is 19.1 Å².